The molecule has 19 heteroatoms. The molecule has 618 valence electrons. The van der Waals surface area contributed by atoms with Crippen molar-refractivity contribution in [3.05, 3.63) is 0 Å². The summed E-state index contributed by atoms with van der Waals surface area (Å²) >= 11 is 0. The minimum absolute atomic E-state index is 0.106. The zero-order valence-corrected chi connectivity index (χ0v) is 70.5. The molecule has 0 spiro atoms. The molecule has 0 rings (SSSR count). The Hall–Kier alpha value is -1.94. The molecule has 3 N–H and O–H groups in total. The lowest BCUT2D eigenvalue weighted by Gasteiger charge is -2.21. The fourth-order valence-corrected chi connectivity index (χ4v) is 14.6. The summed E-state index contributed by atoms with van der Waals surface area (Å²) in [5.74, 6) is 1.12. The highest BCUT2D eigenvalue weighted by atomic mass is 31.2. The van der Waals surface area contributed by atoms with Crippen molar-refractivity contribution in [2.24, 2.45) is 23.7 Å². The second kappa shape index (κ2) is 73.8. The summed E-state index contributed by atoms with van der Waals surface area (Å²) in [6, 6.07) is 0. The van der Waals surface area contributed by atoms with Crippen LogP contribution in [0, 0.1) is 23.7 Å². The molecule has 0 aromatic rings. The van der Waals surface area contributed by atoms with Crippen molar-refractivity contribution >= 4 is 39.5 Å². The first-order chi connectivity index (χ1) is 50.2. The van der Waals surface area contributed by atoms with Gasteiger partial charge in [-0.05, 0) is 49.4 Å². The van der Waals surface area contributed by atoms with Crippen molar-refractivity contribution in [1.82, 2.24) is 0 Å². The van der Waals surface area contributed by atoms with Gasteiger partial charge in [-0.25, -0.2) is 9.13 Å². The molecule has 0 fully saturated rings. The smallest absolute Gasteiger partial charge is 0.462 e. The summed E-state index contributed by atoms with van der Waals surface area (Å²) in [6.07, 6.45) is 62.4. The lowest BCUT2D eigenvalue weighted by molar-refractivity contribution is -0.161. The Labute approximate surface area is 638 Å². The van der Waals surface area contributed by atoms with Crippen LogP contribution in [0.25, 0.3) is 0 Å². The largest absolute Gasteiger partial charge is 0.472 e. The highest BCUT2D eigenvalue weighted by Crippen LogP contribution is 2.45. The molecule has 0 amide bonds. The molecule has 104 heavy (non-hydrogen) atoms. The molecule has 0 heterocycles. The van der Waals surface area contributed by atoms with Crippen LogP contribution in [0.2, 0.25) is 0 Å². The molecule has 0 aromatic heterocycles. The maximum Gasteiger partial charge on any atom is 0.472 e. The van der Waals surface area contributed by atoms with Crippen LogP contribution in [0.5, 0.6) is 0 Å². The van der Waals surface area contributed by atoms with Gasteiger partial charge in [0.2, 0.25) is 0 Å². The number of rotatable bonds is 82. The first-order valence-corrected chi connectivity index (χ1v) is 46.8. The van der Waals surface area contributed by atoms with Crippen LogP contribution in [-0.2, 0) is 65.4 Å². The van der Waals surface area contributed by atoms with E-state index >= 15 is 0 Å². The molecule has 0 aliphatic rings. The molecular formula is C85H166O17P2. The van der Waals surface area contributed by atoms with Crippen molar-refractivity contribution in [1.29, 1.82) is 0 Å². The Bertz CT molecular complexity index is 2030. The van der Waals surface area contributed by atoms with E-state index in [1.807, 2.05) is 0 Å². The minimum atomic E-state index is -4.96. The third kappa shape index (κ3) is 74.2. The summed E-state index contributed by atoms with van der Waals surface area (Å²) in [5, 5.41) is 10.7. The molecule has 17 nitrogen and oxygen atoms in total. The molecule has 0 radical (unpaired) electrons. The van der Waals surface area contributed by atoms with Crippen molar-refractivity contribution in [3.63, 3.8) is 0 Å². The molecule has 0 saturated heterocycles. The molecule has 0 aliphatic heterocycles. The van der Waals surface area contributed by atoms with Gasteiger partial charge in [-0.15, -0.1) is 0 Å². The summed E-state index contributed by atoms with van der Waals surface area (Å²) < 4.78 is 68.8. The van der Waals surface area contributed by atoms with E-state index in [-0.39, 0.29) is 25.7 Å². The van der Waals surface area contributed by atoms with Gasteiger partial charge in [0.15, 0.2) is 12.2 Å². The molecule has 0 bridgehead atoms. The Kier molecular flexibility index (Phi) is 72.5. The van der Waals surface area contributed by atoms with E-state index in [1.54, 1.807) is 0 Å². The maximum atomic E-state index is 13.1. The number of phosphoric ester groups is 2. The quantitative estimate of drug-likeness (QED) is 0.0222. The highest BCUT2D eigenvalue weighted by Gasteiger charge is 2.31. The Balaban J connectivity index is 5.20. The fourth-order valence-electron chi connectivity index (χ4n) is 13.0. The van der Waals surface area contributed by atoms with Crippen molar-refractivity contribution < 1.29 is 80.2 Å². The Morgan fingerprint density at radius 2 is 0.462 bits per heavy atom. The predicted octanol–water partition coefficient (Wildman–Crippen LogP) is 25.6. The average molecular weight is 1520 g/mol. The monoisotopic (exact) mass is 1520 g/mol. The summed E-state index contributed by atoms with van der Waals surface area (Å²) in [5.41, 5.74) is 0. The first-order valence-electron chi connectivity index (χ1n) is 43.8. The van der Waals surface area contributed by atoms with E-state index in [4.69, 9.17) is 37.0 Å². The Morgan fingerprint density at radius 3 is 0.683 bits per heavy atom. The maximum absolute atomic E-state index is 13.1. The number of unbranched alkanes of at least 4 members (excludes halogenated alkanes) is 45. The van der Waals surface area contributed by atoms with Crippen LogP contribution in [0.3, 0.4) is 0 Å². The van der Waals surface area contributed by atoms with E-state index in [0.29, 0.717) is 31.6 Å². The number of aliphatic hydroxyl groups excluding tert-OH is 1. The number of carbonyl (C=O) groups is 4. The molecular weight excluding hydrogens is 1350 g/mol. The zero-order valence-electron chi connectivity index (χ0n) is 68.7. The number of hydrogen-bond acceptors (Lipinski definition) is 15. The lowest BCUT2D eigenvalue weighted by atomic mass is 9.99. The first kappa shape index (κ1) is 102. The predicted molar refractivity (Wildman–Crippen MR) is 428 cm³/mol. The third-order valence-electron chi connectivity index (χ3n) is 20.9. The second-order valence-electron chi connectivity index (χ2n) is 31.8. The van der Waals surface area contributed by atoms with Gasteiger partial charge in [-0.2, -0.15) is 0 Å². The number of esters is 4. The van der Waals surface area contributed by atoms with Gasteiger partial charge in [0, 0.05) is 25.7 Å². The van der Waals surface area contributed by atoms with E-state index in [9.17, 15) is 43.2 Å². The topological polar surface area (TPSA) is 237 Å². The van der Waals surface area contributed by atoms with Gasteiger partial charge >= 0.3 is 39.5 Å². The summed E-state index contributed by atoms with van der Waals surface area (Å²) in [6.45, 7) is 14.4. The van der Waals surface area contributed by atoms with Crippen LogP contribution in [0.4, 0.5) is 0 Å². The number of phosphoric acid groups is 2. The Morgan fingerprint density at radius 1 is 0.269 bits per heavy atom. The van der Waals surface area contributed by atoms with E-state index in [2.05, 4.69) is 55.4 Å². The van der Waals surface area contributed by atoms with Crippen LogP contribution in [-0.4, -0.2) is 96.7 Å². The molecule has 0 saturated carbocycles. The zero-order chi connectivity index (χ0) is 76.7. The normalized spacial score (nSPS) is 14.7. The number of ether oxygens (including phenoxy) is 4. The molecule has 6 unspecified atom stereocenters. The SMILES string of the molecule is CCC(C)CCCCCCCCCCCCCCCCCCCCC(=O)O[C@H](COC(=O)CCCCCCCCCC(C)C)COP(=O)(O)OCC(O)COP(=O)(O)OC[C@@H](COC(=O)CCCCCCCCCCCCCCCCC(C)CC)OC(=O)CCCCCCCCCCCCC(C)CC. The van der Waals surface area contributed by atoms with Gasteiger partial charge in [0.25, 0.3) is 0 Å². The van der Waals surface area contributed by atoms with E-state index in [1.165, 1.54) is 238 Å². The number of hydrogen-bond donors (Lipinski definition) is 3. The van der Waals surface area contributed by atoms with E-state index in [0.717, 1.165) is 114 Å². The average Bonchev–Trinajstić information content (AvgIpc) is 0.906. The number of aliphatic hydroxyl groups is 1. The van der Waals surface area contributed by atoms with Gasteiger partial charge in [0.1, 0.15) is 19.3 Å². The fraction of sp³-hybridized carbons (Fsp3) is 0.953. The summed E-state index contributed by atoms with van der Waals surface area (Å²) in [4.78, 5) is 73.1. The van der Waals surface area contributed by atoms with E-state index < -0.39 is 97.5 Å². The van der Waals surface area contributed by atoms with Gasteiger partial charge in [-0.3, -0.25) is 37.3 Å². The van der Waals surface area contributed by atoms with Crippen LogP contribution in [0.15, 0.2) is 0 Å². The molecule has 0 aliphatic carbocycles. The second-order valence-corrected chi connectivity index (χ2v) is 34.7. The van der Waals surface area contributed by atoms with Crippen molar-refractivity contribution in [3.8, 4) is 0 Å². The number of carbonyl (C=O) groups excluding carboxylic acids is 4. The van der Waals surface area contributed by atoms with Gasteiger partial charge in [-0.1, -0.05) is 389 Å². The standard InChI is InChI=1S/C85H166O17P2/c1-9-76(6)62-54-46-38-30-24-20-16-14-12-13-15-17-23-27-34-42-51-59-67-84(89)102-81(72-96-83(88)66-58-50-44-36-37-45-53-61-75(4)5)74-100-104(93,94)98-70-79(86)69-97-103(91,92)99-73-80(101-85(90)68-60-52-43-35-29-28-32-40-48-56-64-78(8)11-3)71-95-82(87)65-57-49-41-33-26-22-19-18-21-25-31-39-47-55-63-77(7)10-2/h75-81,86H,9-74H2,1-8H3,(H,91,92)(H,93,94)/t76?,77?,78?,79?,80-,81-/m1/s1. The molecule has 0 aromatic carbocycles. The van der Waals surface area contributed by atoms with Crippen LogP contribution >= 0.6 is 15.6 Å². The minimum Gasteiger partial charge on any atom is -0.462 e. The summed E-state index contributed by atoms with van der Waals surface area (Å²) in [7, 11) is -9.93. The van der Waals surface area contributed by atoms with Gasteiger partial charge in [0.05, 0.1) is 26.4 Å². The van der Waals surface area contributed by atoms with Crippen LogP contribution < -0.4 is 0 Å². The molecule has 8 atom stereocenters. The highest BCUT2D eigenvalue weighted by molar-refractivity contribution is 7.47. The van der Waals surface area contributed by atoms with Gasteiger partial charge < -0.3 is 33.8 Å². The lowest BCUT2D eigenvalue weighted by Crippen LogP contribution is -2.30. The third-order valence-corrected chi connectivity index (χ3v) is 22.8. The van der Waals surface area contributed by atoms with Crippen molar-refractivity contribution in [2.75, 3.05) is 39.6 Å². The van der Waals surface area contributed by atoms with Crippen LogP contribution in [0.1, 0.15) is 441 Å². The van der Waals surface area contributed by atoms with Crippen molar-refractivity contribution in [2.45, 2.75) is 459 Å².